The summed E-state index contributed by atoms with van der Waals surface area (Å²) < 4.78 is 0.859. The summed E-state index contributed by atoms with van der Waals surface area (Å²) in [6.45, 7) is 3.25. The van der Waals surface area contributed by atoms with Crippen LogP contribution < -0.4 is 10.2 Å². The summed E-state index contributed by atoms with van der Waals surface area (Å²) in [5, 5.41) is 13.9. The summed E-state index contributed by atoms with van der Waals surface area (Å²) in [5.74, 6) is -2.10. The van der Waals surface area contributed by atoms with E-state index < -0.39 is 17.7 Å². The Balaban J connectivity index is 1.91. The third-order valence-corrected chi connectivity index (χ3v) is 6.21. The Bertz CT molecular complexity index is 1300. The number of Topliss-reactive ketones (excluding diaryl/α,β-unsaturated/α-hetero) is 1. The van der Waals surface area contributed by atoms with E-state index in [1.807, 2.05) is 6.92 Å². The summed E-state index contributed by atoms with van der Waals surface area (Å²) in [5.41, 5.74) is 2.72. The van der Waals surface area contributed by atoms with Crippen molar-refractivity contribution in [2.45, 2.75) is 19.9 Å². The van der Waals surface area contributed by atoms with Gasteiger partial charge in [-0.15, -0.1) is 0 Å². The molecule has 2 heterocycles. The lowest BCUT2D eigenvalue weighted by Gasteiger charge is -2.25. The molecule has 4 rings (SSSR count). The number of aryl methyl sites for hydroxylation is 1. The Morgan fingerprint density at radius 2 is 1.91 bits per heavy atom. The average molecular weight is 506 g/mol. The van der Waals surface area contributed by atoms with E-state index in [2.05, 4.69) is 26.2 Å². The molecule has 2 aromatic carbocycles. The van der Waals surface area contributed by atoms with Gasteiger partial charge in [0, 0.05) is 40.7 Å². The van der Waals surface area contributed by atoms with Crippen LogP contribution in [0.15, 0.2) is 77.0 Å². The fraction of sp³-hybridized carbons (Fsp3) is 0.120. The highest BCUT2D eigenvalue weighted by atomic mass is 79.9. The molecule has 8 heteroatoms. The predicted molar refractivity (Wildman–Crippen MR) is 129 cm³/mol. The number of rotatable bonds is 4. The maximum absolute atomic E-state index is 13.2. The third-order valence-electron chi connectivity index (χ3n) is 5.32. The quantitative estimate of drug-likeness (QED) is 0.303. The Morgan fingerprint density at radius 3 is 2.58 bits per heavy atom. The second-order valence-corrected chi connectivity index (χ2v) is 8.51. The minimum absolute atomic E-state index is 0.0281. The summed E-state index contributed by atoms with van der Waals surface area (Å²) in [6, 6.07) is 14.4. The number of ketones is 1. The molecule has 3 aromatic rings. The number of hydrogen-bond acceptors (Lipinski definition) is 5. The van der Waals surface area contributed by atoms with Gasteiger partial charge in [0.05, 0.1) is 11.6 Å². The molecule has 1 saturated heterocycles. The van der Waals surface area contributed by atoms with Gasteiger partial charge >= 0.3 is 0 Å². The fourth-order valence-corrected chi connectivity index (χ4v) is 4.08. The van der Waals surface area contributed by atoms with Crippen LogP contribution >= 0.6 is 15.9 Å². The van der Waals surface area contributed by atoms with Crippen LogP contribution in [0.1, 0.15) is 29.7 Å². The van der Waals surface area contributed by atoms with Crippen molar-refractivity contribution in [2.75, 3.05) is 10.2 Å². The van der Waals surface area contributed by atoms with Crippen molar-refractivity contribution in [3.05, 3.63) is 93.7 Å². The number of pyridine rings is 1. The molecule has 2 N–H and O–H groups in total. The van der Waals surface area contributed by atoms with E-state index in [9.17, 15) is 19.5 Å². The molecule has 1 aliphatic rings. The third kappa shape index (κ3) is 4.29. The molecule has 0 saturated carbocycles. The van der Waals surface area contributed by atoms with Crippen molar-refractivity contribution in [3.63, 3.8) is 0 Å². The molecule has 2 amide bonds. The molecular weight excluding hydrogens is 486 g/mol. The van der Waals surface area contributed by atoms with Gasteiger partial charge in [0.2, 0.25) is 5.91 Å². The minimum atomic E-state index is -0.893. The molecule has 33 heavy (non-hydrogen) atoms. The zero-order chi connectivity index (χ0) is 23.7. The Kier molecular flexibility index (Phi) is 6.11. The molecule has 1 fully saturated rings. The zero-order valence-electron chi connectivity index (χ0n) is 17.9. The fourth-order valence-electron chi connectivity index (χ4n) is 3.84. The van der Waals surface area contributed by atoms with Crippen molar-refractivity contribution in [1.82, 2.24) is 4.98 Å². The van der Waals surface area contributed by atoms with Crippen LogP contribution in [0, 0.1) is 6.92 Å². The van der Waals surface area contributed by atoms with Gasteiger partial charge in [-0.25, -0.2) is 0 Å². The molecule has 1 aliphatic heterocycles. The van der Waals surface area contributed by atoms with Crippen LogP contribution in [0.4, 0.5) is 11.4 Å². The van der Waals surface area contributed by atoms with Crippen molar-refractivity contribution < 1.29 is 19.5 Å². The molecule has 0 bridgehead atoms. The minimum Gasteiger partial charge on any atom is -0.507 e. The first kappa shape index (κ1) is 22.4. The lowest BCUT2D eigenvalue weighted by Crippen LogP contribution is -2.29. The molecular formula is C25H20BrN3O4. The summed E-state index contributed by atoms with van der Waals surface area (Å²) in [6.07, 6.45) is 3.15. The Hall–Kier alpha value is -3.78. The van der Waals surface area contributed by atoms with E-state index in [-0.39, 0.29) is 17.2 Å². The van der Waals surface area contributed by atoms with Gasteiger partial charge in [-0.05, 0) is 54.4 Å². The number of amides is 2. The number of aromatic nitrogens is 1. The van der Waals surface area contributed by atoms with E-state index in [1.54, 1.807) is 67.0 Å². The van der Waals surface area contributed by atoms with Crippen molar-refractivity contribution in [3.8, 4) is 0 Å². The van der Waals surface area contributed by atoms with Crippen LogP contribution in [0.3, 0.4) is 0 Å². The Morgan fingerprint density at radius 1 is 1.12 bits per heavy atom. The van der Waals surface area contributed by atoms with Crippen molar-refractivity contribution in [1.29, 1.82) is 0 Å². The van der Waals surface area contributed by atoms with E-state index in [0.29, 0.717) is 22.5 Å². The van der Waals surface area contributed by atoms with Crippen LogP contribution in [0.25, 0.3) is 5.76 Å². The van der Waals surface area contributed by atoms with Gasteiger partial charge < -0.3 is 10.4 Å². The van der Waals surface area contributed by atoms with Crippen LogP contribution in [0.5, 0.6) is 0 Å². The number of carbonyl (C=O) groups excluding carboxylic acids is 3. The van der Waals surface area contributed by atoms with Crippen LogP contribution in [-0.4, -0.2) is 27.7 Å². The standard InChI is InChI=1S/C25H20BrN3O4/c1-14-11-16(8-9-20(14)26)23(31)21-22(17-5-4-10-27-13-17)29(25(33)24(21)32)19-7-3-6-18(12-19)28-15(2)30/h3-13,22,31H,1-2H3,(H,28,30)/b23-21+. The number of aliphatic hydroxyl groups is 1. The predicted octanol–water partition coefficient (Wildman–Crippen LogP) is 4.74. The summed E-state index contributed by atoms with van der Waals surface area (Å²) in [7, 11) is 0. The first-order chi connectivity index (χ1) is 15.8. The monoisotopic (exact) mass is 505 g/mol. The number of benzene rings is 2. The maximum Gasteiger partial charge on any atom is 0.300 e. The first-order valence-electron chi connectivity index (χ1n) is 10.1. The van der Waals surface area contributed by atoms with Gasteiger partial charge in [-0.3, -0.25) is 24.3 Å². The second-order valence-electron chi connectivity index (χ2n) is 7.65. The molecule has 1 unspecified atom stereocenters. The van der Waals surface area contributed by atoms with Crippen molar-refractivity contribution >= 4 is 50.7 Å². The Labute approximate surface area is 198 Å². The first-order valence-corrected chi connectivity index (χ1v) is 10.9. The number of nitrogens with one attached hydrogen (secondary N) is 1. The molecule has 0 aliphatic carbocycles. The number of anilines is 2. The van der Waals surface area contributed by atoms with Gasteiger partial charge in [0.15, 0.2) is 0 Å². The van der Waals surface area contributed by atoms with Gasteiger partial charge in [0.1, 0.15) is 5.76 Å². The number of nitrogens with zero attached hydrogens (tertiary/aromatic N) is 2. The number of halogens is 1. The number of hydrogen-bond donors (Lipinski definition) is 2. The molecule has 0 spiro atoms. The normalized spacial score (nSPS) is 17.3. The highest BCUT2D eigenvalue weighted by Gasteiger charge is 2.47. The van der Waals surface area contributed by atoms with E-state index in [1.165, 1.54) is 11.8 Å². The van der Waals surface area contributed by atoms with Gasteiger partial charge in [-0.2, -0.15) is 0 Å². The smallest absolute Gasteiger partial charge is 0.300 e. The van der Waals surface area contributed by atoms with Crippen molar-refractivity contribution in [2.24, 2.45) is 0 Å². The topological polar surface area (TPSA) is 99.6 Å². The number of aliphatic hydroxyl groups excluding tert-OH is 1. The van der Waals surface area contributed by atoms with Crippen LogP contribution in [0.2, 0.25) is 0 Å². The van der Waals surface area contributed by atoms with Gasteiger partial charge in [0.25, 0.3) is 11.7 Å². The largest absolute Gasteiger partial charge is 0.507 e. The molecule has 1 atom stereocenters. The average Bonchev–Trinajstić information content (AvgIpc) is 3.06. The zero-order valence-corrected chi connectivity index (χ0v) is 19.5. The van der Waals surface area contributed by atoms with Crippen LogP contribution in [-0.2, 0) is 14.4 Å². The van der Waals surface area contributed by atoms with E-state index >= 15 is 0 Å². The molecule has 166 valence electrons. The lowest BCUT2D eigenvalue weighted by atomic mass is 9.95. The molecule has 7 nitrogen and oxygen atoms in total. The number of carbonyl (C=O) groups is 3. The summed E-state index contributed by atoms with van der Waals surface area (Å²) >= 11 is 3.43. The molecule has 0 radical (unpaired) electrons. The molecule has 1 aromatic heterocycles. The highest BCUT2D eigenvalue weighted by molar-refractivity contribution is 9.10. The SMILES string of the molecule is CC(=O)Nc1cccc(N2C(=O)C(=O)/C(=C(/O)c3ccc(Br)c(C)c3)C2c2cccnc2)c1. The second kappa shape index (κ2) is 8.99. The lowest BCUT2D eigenvalue weighted by molar-refractivity contribution is -0.132. The van der Waals surface area contributed by atoms with E-state index in [0.717, 1.165) is 10.0 Å². The summed E-state index contributed by atoms with van der Waals surface area (Å²) in [4.78, 5) is 43.4. The maximum atomic E-state index is 13.2. The van der Waals surface area contributed by atoms with E-state index in [4.69, 9.17) is 0 Å². The van der Waals surface area contributed by atoms with Gasteiger partial charge in [-0.1, -0.05) is 34.1 Å². The highest BCUT2D eigenvalue weighted by Crippen LogP contribution is 2.42.